The van der Waals surface area contributed by atoms with E-state index in [0.717, 1.165) is 4.47 Å². The number of benzene rings is 1. The first-order valence-corrected chi connectivity index (χ1v) is 7.26. The maximum Gasteiger partial charge on any atom is 0.258 e. The molecular formula is C11H5Br2Cl2N3O. The molecule has 19 heavy (non-hydrogen) atoms. The van der Waals surface area contributed by atoms with Gasteiger partial charge >= 0.3 is 0 Å². The summed E-state index contributed by atoms with van der Waals surface area (Å²) in [5.74, 6) is -0.0964. The van der Waals surface area contributed by atoms with E-state index < -0.39 is 0 Å². The van der Waals surface area contributed by atoms with Crippen LogP contribution in [0.5, 0.6) is 0 Å². The number of carbonyl (C=O) groups excluding carboxylic acids is 1. The van der Waals surface area contributed by atoms with E-state index in [2.05, 4.69) is 47.1 Å². The molecule has 8 heteroatoms. The van der Waals surface area contributed by atoms with Crippen molar-refractivity contribution in [1.29, 1.82) is 0 Å². The first-order valence-electron chi connectivity index (χ1n) is 4.92. The average molecular weight is 426 g/mol. The lowest BCUT2D eigenvalue weighted by Crippen LogP contribution is -2.14. The smallest absolute Gasteiger partial charge is 0.258 e. The molecule has 1 aromatic carbocycles. The maximum absolute atomic E-state index is 12.1. The molecule has 1 amide bonds. The van der Waals surface area contributed by atoms with E-state index >= 15 is 0 Å². The number of nitrogens with one attached hydrogen (secondary N) is 1. The fraction of sp³-hybridized carbons (Fsp3) is 0. The summed E-state index contributed by atoms with van der Waals surface area (Å²) < 4.78 is 1.46. The van der Waals surface area contributed by atoms with E-state index in [1.807, 2.05) is 6.07 Å². The molecule has 1 heterocycles. The summed E-state index contributed by atoms with van der Waals surface area (Å²) in [4.78, 5) is 19.7. The van der Waals surface area contributed by atoms with Gasteiger partial charge in [-0.15, -0.1) is 0 Å². The standard InChI is InChI=1S/C11H5Br2Cl2N3O/c12-5-1-2-7(13)6(3-5)10(19)17-9-4-8(14)16-11(15)18-9/h1-4H,(H,16,17,18,19). The minimum Gasteiger partial charge on any atom is -0.306 e. The minimum atomic E-state index is -0.334. The molecule has 2 rings (SSSR count). The number of amides is 1. The van der Waals surface area contributed by atoms with E-state index in [0.29, 0.717) is 10.0 Å². The zero-order chi connectivity index (χ0) is 14.0. The van der Waals surface area contributed by atoms with Crippen molar-refractivity contribution in [3.8, 4) is 0 Å². The Bertz CT molecular complexity index is 632. The molecule has 1 aromatic heterocycles. The molecule has 0 saturated carbocycles. The Morgan fingerprint density at radius 1 is 1.16 bits per heavy atom. The molecule has 0 aliphatic rings. The maximum atomic E-state index is 12.1. The van der Waals surface area contributed by atoms with E-state index in [1.54, 1.807) is 12.1 Å². The van der Waals surface area contributed by atoms with Crippen LogP contribution in [0, 0.1) is 0 Å². The van der Waals surface area contributed by atoms with Crippen molar-refractivity contribution in [3.63, 3.8) is 0 Å². The summed E-state index contributed by atoms with van der Waals surface area (Å²) in [6.07, 6.45) is 0. The lowest BCUT2D eigenvalue weighted by molar-refractivity contribution is 0.102. The molecular weight excluding hydrogens is 421 g/mol. The molecule has 0 bridgehead atoms. The van der Waals surface area contributed by atoms with Crippen molar-refractivity contribution in [3.05, 3.63) is 49.2 Å². The molecule has 4 nitrogen and oxygen atoms in total. The third kappa shape index (κ3) is 3.89. The van der Waals surface area contributed by atoms with Gasteiger partial charge in [0.25, 0.3) is 5.91 Å². The van der Waals surface area contributed by atoms with Crippen LogP contribution in [0.3, 0.4) is 0 Å². The second-order valence-electron chi connectivity index (χ2n) is 3.42. The van der Waals surface area contributed by atoms with Gasteiger partial charge in [-0.25, -0.2) is 9.97 Å². The van der Waals surface area contributed by atoms with Crippen molar-refractivity contribution in [1.82, 2.24) is 9.97 Å². The van der Waals surface area contributed by atoms with Gasteiger partial charge in [0, 0.05) is 15.0 Å². The van der Waals surface area contributed by atoms with Gasteiger partial charge in [0.15, 0.2) is 0 Å². The monoisotopic (exact) mass is 423 g/mol. The molecule has 0 unspecified atom stereocenters. The van der Waals surface area contributed by atoms with Crippen LogP contribution in [0.15, 0.2) is 33.2 Å². The number of aromatic nitrogens is 2. The lowest BCUT2D eigenvalue weighted by atomic mass is 10.2. The van der Waals surface area contributed by atoms with Gasteiger partial charge < -0.3 is 5.32 Å². The van der Waals surface area contributed by atoms with Crippen molar-refractivity contribution >= 4 is 66.8 Å². The summed E-state index contributed by atoms with van der Waals surface area (Å²) in [6, 6.07) is 6.68. The van der Waals surface area contributed by atoms with E-state index in [4.69, 9.17) is 23.2 Å². The SMILES string of the molecule is O=C(Nc1cc(Cl)nc(Cl)n1)c1cc(Br)ccc1Br. The van der Waals surface area contributed by atoms with Crippen molar-refractivity contribution in [2.75, 3.05) is 5.32 Å². The van der Waals surface area contributed by atoms with Crippen LogP contribution in [-0.4, -0.2) is 15.9 Å². The van der Waals surface area contributed by atoms with Crippen LogP contribution in [-0.2, 0) is 0 Å². The molecule has 0 spiro atoms. The Morgan fingerprint density at radius 3 is 2.58 bits per heavy atom. The first-order chi connectivity index (χ1) is 8.95. The van der Waals surface area contributed by atoms with Crippen molar-refractivity contribution in [2.45, 2.75) is 0 Å². The molecule has 0 aliphatic heterocycles. The Hall–Kier alpha value is -0.690. The summed E-state index contributed by atoms with van der Waals surface area (Å²) in [5, 5.41) is 2.72. The van der Waals surface area contributed by atoms with Gasteiger partial charge in [-0.3, -0.25) is 4.79 Å². The quantitative estimate of drug-likeness (QED) is 0.566. The van der Waals surface area contributed by atoms with Crippen LogP contribution < -0.4 is 5.32 Å². The predicted octanol–water partition coefficient (Wildman–Crippen LogP) is 4.56. The van der Waals surface area contributed by atoms with Gasteiger partial charge in [0.1, 0.15) is 11.0 Å². The van der Waals surface area contributed by atoms with Crippen LogP contribution >= 0.6 is 55.1 Å². The number of hydrogen-bond acceptors (Lipinski definition) is 3. The summed E-state index contributed by atoms with van der Waals surface area (Å²) in [7, 11) is 0. The summed E-state index contributed by atoms with van der Waals surface area (Å²) in [6.45, 7) is 0. The van der Waals surface area contributed by atoms with E-state index in [9.17, 15) is 4.79 Å². The predicted molar refractivity (Wildman–Crippen MR) is 81.8 cm³/mol. The highest BCUT2D eigenvalue weighted by molar-refractivity contribution is 9.11. The second kappa shape index (κ2) is 6.17. The highest BCUT2D eigenvalue weighted by atomic mass is 79.9. The minimum absolute atomic E-state index is 0.0314. The first kappa shape index (κ1) is 14.7. The molecule has 0 fully saturated rings. The van der Waals surface area contributed by atoms with Gasteiger partial charge in [-0.1, -0.05) is 27.5 Å². The number of halogens is 4. The molecule has 0 radical (unpaired) electrons. The molecule has 98 valence electrons. The lowest BCUT2D eigenvalue weighted by Gasteiger charge is -2.07. The topological polar surface area (TPSA) is 54.9 Å². The van der Waals surface area contributed by atoms with Crippen molar-refractivity contribution in [2.24, 2.45) is 0 Å². The van der Waals surface area contributed by atoms with Crippen molar-refractivity contribution < 1.29 is 4.79 Å². The van der Waals surface area contributed by atoms with E-state index in [-0.39, 0.29) is 22.2 Å². The highest BCUT2D eigenvalue weighted by Gasteiger charge is 2.12. The molecule has 0 atom stereocenters. The van der Waals surface area contributed by atoms with Gasteiger partial charge in [0.05, 0.1) is 5.56 Å². The Labute approximate surface area is 135 Å². The van der Waals surface area contributed by atoms with Gasteiger partial charge in [-0.05, 0) is 45.7 Å². The molecule has 1 N–H and O–H groups in total. The van der Waals surface area contributed by atoms with Crippen LogP contribution in [0.25, 0.3) is 0 Å². The van der Waals surface area contributed by atoms with E-state index in [1.165, 1.54) is 6.07 Å². The molecule has 0 aliphatic carbocycles. The fourth-order valence-corrected chi connectivity index (χ4v) is 2.51. The summed E-state index contributed by atoms with van der Waals surface area (Å²) >= 11 is 18.0. The zero-order valence-corrected chi connectivity index (χ0v) is 13.8. The zero-order valence-electron chi connectivity index (χ0n) is 9.12. The fourth-order valence-electron chi connectivity index (χ4n) is 1.31. The highest BCUT2D eigenvalue weighted by Crippen LogP contribution is 2.23. The molecule has 0 saturated heterocycles. The van der Waals surface area contributed by atoms with Crippen LogP contribution in [0.4, 0.5) is 5.82 Å². The molecule has 2 aromatic rings. The Kier molecular flexibility index (Phi) is 4.78. The number of anilines is 1. The largest absolute Gasteiger partial charge is 0.306 e. The number of rotatable bonds is 2. The normalized spacial score (nSPS) is 10.3. The van der Waals surface area contributed by atoms with Gasteiger partial charge in [-0.2, -0.15) is 0 Å². The average Bonchev–Trinajstić information content (AvgIpc) is 2.30. The van der Waals surface area contributed by atoms with Gasteiger partial charge in [0.2, 0.25) is 5.28 Å². The number of nitrogens with zero attached hydrogens (tertiary/aromatic N) is 2. The third-order valence-electron chi connectivity index (χ3n) is 2.08. The van der Waals surface area contributed by atoms with Crippen LogP contribution in [0.2, 0.25) is 10.4 Å². The van der Waals surface area contributed by atoms with Crippen LogP contribution in [0.1, 0.15) is 10.4 Å². The Morgan fingerprint density at radius 2 is 1.89 bits per heavy atom. The third-order valence-corrected chi connectivity index (χ3v) is 3.63. The number of hydrogen-bond donors (Lipinski definition) is 1. The second-order valence-corrected chi connectivity index (χ2v) is 5.92. The Balaban J connectivity index is 2.28. The number of carbonyl (C=O) groups is 1. The summed E-state index contributed by atoms with van der Waals surface area (Å²) in [5.41, 5.74) is 0.459.